The molecule has 2 heterocycles. The van der Waals surface area contributed by atoms with Gasteiger partial charge in [0.1, 0.15) is 11.5 Å². The molecule has 12 heavy (non-hydrogen) atoms. The first-order valence-electron chi connectivity index (χ1n) is 4.41. The van der Waals surface area contributed by atoms with Gasteiger partial charge in [0.15, 0.2) is 6.29 Å². The number of carbonyl (C=O) groups is 1. The molecule has 0 fully saturated rings. The van der Waals surface area contributed by atoms with E-state index >= 15 is 0 Å². The predicted octanol–water partition coefficient (Wildman–Crippen LogP) is 1.42. The Bertz CT molecular complexity index is 267. The molecule has 1 aliphatic rings. The number of carbonyl (C=O) groups excluding carboxylic acids is 1. The van der Waals surface area contributed by atoms with Crippen LogP contribution in [-0.2, 0) is 13.0 Å². The molecule has 1 aromatic heterocycles. The van der Waals surface area contributed by atoms with E-state index in [2.05, 4.69) is 9.55 Å². The van der Waals surface area contributed by atoms with Gasteiger partial charge in [-0.05, 0) is 12.8 Å². The molecule has 0 N–H and O–H groups in total. The molecule has 0 atom stereocenters. The summed E-state index contributed by atoms with van der Waals surface area (Å²) in [5, 5.41) is 0. The van der Waals surface area contributed by atoms with Crippen LogP contribution in [0.25, 0.3) is 0 Å². The van der Waals surface area contributed by atoms with E-state index in [1.807, 2.05) is 6.20 Å². The number of imidazole rings is 1. The molecule has 0 saturated heterocycles. The number of aldehydes is 1. The summed E-state index contributed by atoms with van der Waals surface area (Å²) in [5.74, 6) is 1.08. The van der Waals surface area contributed by atoms with E-state index in [4.69, 9.17) is 0 Å². The number of aryl methyl sites for hydroxylation is 2. The third-order valence-electron chi connectivity index (χ3n) is 2.30. The summed E-state index contributed by atoms with van der Waals surface area (Å²) in [5.41, 5.74) is 0.576. The highest BCUT2D eigenvalue weighted by Gasteiger charge is 2.09. The lowest BCUT2D eigenvalue weighted by molar-refractivity contribution is 0.111. The standard InChI is InChI=1S/C9H12N2O/c12-7-8-6-11-5-3-1-2-4-9(11)10-8/h6-7H,1-5H2. The normalized spacial score (nSPS) is 16.7. The Kier molecular flexibility index (Phi) is 1.94. The summed E-state index contributed by atoms with van der Waals surface area (Å²) in [6.07, 6.45) is 7.39. The second-order valence-corrected chi connectivity index (χ2v) is 3.20. The van der Waals surface area contributed by atoms with Crippen molar-refractivity contribution in [2.24, 2.45) is 0 Å². The molecule has 0 bridgehead atoms. The van der Waals surface area contributed by atoms with Gasteiger partial charge < -0.3 is 4.57 Å². The maximum atomic E-state index is 10.4. The summed E-state index contributed by atoms with van der Waals surface area (Å²) in [6, 6.07) is 0. The van der Waals surface area contributed by atoms with E-state index in [1.165, 1.54) is 19.3 Å². The van der Waals surface area contributed by atoms with Gasteiger partial charge >= 0.3 is 0 Å². The highest BCUT2D eigenvalue weighted by molar-refractivity contribution is 5.71. The molecule has 1 aromatic rings. The summed E-state index contributed by atoms with van der Waals surface area (Å²) in [4.78, 5) is 14.7. The quantitative estimate of drug-likeness (QED) is 0.588. The van der Waals surface area contributed by atoms with E-state index in [0.717, 1.165) is 25.1 Å². The van der Waals surface area contributed by atoms with Crippen molar-refractivity contribution in [1.29, 1.82) is 0 Å². The number of fused-ring (bicyclic) bond motifs is 1. The molecule has 3 heteroatoms. The highest BCUT2D eigenvalue weighted by Crippen LogP contribution is 2.13. The van der Waals surface area contributed by atoms with Gasteiger partial charge in [0.2, 0.25) is 0 Å². The van der Waals surface area contributed by atoms with Crippen molar-refractivity contribution in [3.63, 3.8) is 0 Å². The number of nitrogens with zero attached hydrogens (tertiary/aromatic N) is 2. The minimum Gasteiger partial charge on any atom is -0.334 e. The lowest BCUT2D eigenvalue weighted by atomic mass is 10.2. The average molecular weight is 164 g/mol. The van der Waals surface area contributed by atoms with Gasteiger partial charge in [0, 0.05) is 19.2 Å². The Balaban J connectivity index is 2.32. The van der Waals surface area contributed by atoms with Crippen LogP contribution in [0.5, 0.6) is 0 Å². The largest absolute Gasteiger partial charge is 0.334 e. The van der Waals surface area contributed by atoms with Crippen molar-refractivity contribution in [1.82, 2.24) is 9.55 Å². The van der Waals surface area contributed by atoms with Gasteiger partial charge in [-0.25, -0.2) is 4.98 Å². The molecule has 64 valence electrons. The fourth-order valence-corrected chi connectivity index (χ4v) is 1.67. The van der Waals surface area contributed by atoms with Crippen molar-refractivity contribution in [3.05, 3.63) is 17.7 Å². The molecule has 0 radical (unpaired) electrons. The molecule has 0 unspecified atom stereocenters. The Morgan fingerprint density at radius 2 is 2.33 bits per heavy atom. The minimum atomic E-state index is 0.576. The van der Waals surface area contributed by atoms with Crippen molar-refractivity contribution >= 4 is 6.29 Å². The fourth-order valence-electron chi connectivity index (χ4n) is 1.67. The molecular formula is C9H12N2O. The fraction of sp³-hybridized carbons (Fsp3) is 0.556. The molecule has 3 nitrogen and oxygen atoms in total. The van der Waals surface area contributed by atoms with E-state index in [1.54, 1.807) is 0 Å². The summed E-state index contributed by atoms with van der Waals surface area (Å²) in [6.45, 7) is 1.02. The van der Waals surface area contributed by atoms with E-state index in [0.29, 0.717) is 5.69 Å². The van der Waals surface area contributed by atoms with Crippen molar-refractivity contribution in [2.45, 2.75) is 32.2 Å². The third-order valence-corrected chi connectivity index (χ3v) is 2.30. The zero-order chi connectivity index (χ0) is 8.39. The summed E-state index contributed by atoms with van der Waals surface area (Å²) >= 11 is 0. The van der Waals surface area contributed by atoms with Crippen LogP contribution in [-0.4, -0.2) is 15.8 Å². The Hall–Kier alpha value is -1.12. The number of hydrogen-bond donors (Lipinski definition) is 0. The Morgan fingerprint density at radius 3 is 3.17 bits per heavy atom. The molecule has 0 aliphatic carbocycles. The van der Waals surface area contributed by atoms with Gasteiger partial charge in [-0.3, -0.25) is 4.79 Å². The summed E-state index contributed by atoms with van der Waals surface area (Å²) in [7, 11) is 0. The van der Waals surface area contributed by atoms with Crippen LogP contribution in [0.4, 0.5) is 0 Å². The minimum absolute atomic E-state index is 0.576. The van der Waals surface area contributed by atoms with Crippen LogP contribution in [0, 0.1) is 0 Å². The van der Waals surface area contributed by atoms with Gasteiger partial charge in [-0.2, -0.15) is 0 Å². The molecule has 0 saturated carbocycles. The maximum absolute atomic E-state index is 10.4. The zero-order valence-electron chi connectivity index (χ0n) is 6.99. The highest BCUT2D eigenvalue weighted by atomic mass is 16.1. The SMILES string of the molecule is O=Cc1cn2c(n1)CCCCC2. The number of hydrogen-bond acceptors (Lipinski definition) is 2. The number of aromatic nitrogens is 2. The monoisotopic (exact) mass is 164 g/mol. The van der Waals surface area contributed by atoms with Crippen LogP contribution in [0.15, 0.2) is 6.20 Å². The molecule has 0 amide bonds. The van der Waals surface area contributed by atoms with Crippen LogP contribution in [0.1, 0.15) is 35.6 Å². The topological polar surface area (TPSA) is 34.9 Å². The smallest absolute Gasteiger partial charge is 0.170 e. The van der Waals surface area contributed by atoms with Gasteiger partial charge in [0.05, 0.1) is 0 Å². The Morgan fingerprint density at radius 1 is 1.42 bits per heavy atom. The van der Waals surface area contributed by atoms with Crippen molar-refractivity contribution in [3.8, 4) is 0 Å². The van der Waals surface area contributed by atoms with Crippen LogP contribution < -0.4 is 0 Å². The van der Waals surface area contributed by atoms with Crippen molar-refractivity contribution < 1.29 is 4.79 Å². The van der Waals surface area contributed by atoms with Gasteiger partial charge in [-0.1, -0.05) is 6.42 Å². The lowest BCUT2D eigenvalue weighted by Crippen LogP contribution is -1.98. The molecule has 0 spiro atoms. The molecule has 1 aliphatic heterocycles. The molecular weight excluding hydrogens is 152 g/mol. The predicted molar refractivity (Wildman–Crippen MR) is 45.2 cm³/mol. The second-order valence-electron chi connectivity index (χ2n) is 3.20. The lowest BCUT2D eigenvalue weighted by Gasteiger charge is -1.99. The van der Waals surface area contributed by atoms with Crippen LogP contribution >= 0.6 is 0 Å². The molecule has 0 aromatic carbocycles. The third kappa shape index (κ3) is 1.26. The van der Waals surface area contributed by atoms with Crippen LogP contribution in [0.2, 0.25) is 0 Å². The van der Waals surface area contributed by atoms with Gasteiger partial charge in [0.25, 0.3) is 0 Å². The second kappa shape index (κ2) is 3.09. The van der Waals surface area contributed by atoms with Crippen molar-refractivity contribution in [2.75, 3.05) is 0 Å². The maximum Gasteiger partial charge on any atom is 0.170 e. The van der Waals surface area contributed by atoms with Crippen LogP contribution in [0.3, 0.4) is 0 Å². The molecule has 2 rings (SSSR count). The van der Waals surface area contributed by atoms with E-state index in [-0.39, 0.29) is 0 Å². The Labute approximate surface area is 71.4 Å². The first kappa shape index (κ1) is 7.53. The first-order chi connectivity index (χ1) is 5.90. The zero-order valence-corrected chi connectivity index (χ0v) is 6.99. The number of rotatable bonds is 1. The average Bonchev–Trinajstić information content (AvgIpc) is 2.37. The van der Waals surface area contributed by atoms with E-state index < -0.39 is 0 Å². The van der Waals surface area contributed by atoms with E-state index in [9.17, 15) is 4.79 Å². The first-order valence-corrected chi connectivity index (χ1v) is 4.41. The van der Waals surface area contributed by atoms with Gasteiger partial charge in [-0.15, -0.1) is 0 Å². The summed E-state index contributed by atoms with van der Waals surface area (Å²) < 4.78 is 2.11.